The first-order valence-corrected chi connectivity index (χ1v) is 5.23. The number of hydrogen-bond acceptors (Lipinski definition) is 0. The van der Waals surface area contributed by atoms with E-state index in [2.05, 4.69) is 25.2 Å². The molecule has 2 aliphatic carbocycles. The second-order valence-electron chi connectivity index (χ2n) is 5.11. The summed E-state index contributed by atoms with van der Waals surface area (Å²) in [5.74, 6) is 0.833. The molecule has 0 aliphatic heterocycles. The molecule has 0 N–H and O–H groups in total. The maximum atomic E-state index is 13.7. The highest BCUT2D eigenvalue weighted by Crippen LogP contribution is 2.45. The number of rotatable bonds is 0. The van der Waals surface area contributed by atoms with Crippen molar-refractivity contribution in [2.75, 3.05) is 0 Å². The molecule has 0 bridgehead atoms. The average Bonchev–Trinajstić information content (AvgIpc) is 2.08. The first-order valence-electron chi connectivity index (χ1n) is 5.23. The molecular weight excluding hydrogens is 175 g/mol. The van der Waals surface area contributed by atoms with Crippen molar-refractivity contribution < 1.29 is 4.39 Å². The molecule has 14 heavy (non-hydrogen) atoms. The van der Waals surface area contributed by atoms with Crippen LogP contribution < -0.4 is 0 Å². The number of allylic oxidation sites excluding steroid dienone is 6. The minimum atomic E-state index is -0.273. The Morgan fingerprint density at radius 1 is 1.36 bits per heavy atom. The van der Waals surface area contributed by atoms with Crippen LogP contribution in [0.1, 0.15) is 27.2 Å². The first kappa shape index (κ1) is 9.70. The summed E-state index contributed by atoms with van der Waals surface area (Å²) >= 11 is 0. The molecule has 0 aromatic carbocycles. The molecule has 0 saturated heterocycles. The Bertz CT molecular complexity index is 331. The number of halogens is 1. The predicted octanol–water partition coefficient (Wildman–Crippen LogP) is 4.02. The highest BCUT2D eigenvalue weighted by atomic mass is 19.1. The van der Waals surface area contributed by atoms with Crippen LogP contribution in [0.4, 0.5) is 4.39 Å². The zero-order chi connectivity index (χ0) is 10.3. The topological polar surface area (TPSA) is 0 Å². The predicted molar refractivity (Wildman–Crippen MR) is 57.5 cm³/mol. The maximum absolute atomic E-state index is 13.7. The lowest BCUT2D eigenvalue weighted by Crippen LogP contribution is -2.27. The maximum Gasteiger partial charge on any atom is 0.102 e. The molecule has 0 saturated carbocycles. The van der Waals surface area contributed by atoms with E-state index in [1.54, 1.807) is 6.08 Å². The second-order valence-corrected chi connectivity index (χ2v) is 5.11. The van der Waals surface area contributed by atoms with Crippen molar-refractivity contribution in [1.82, 2.24) is 0 Å². The molecule has 0 fully saturated rings. The van der Waals surface area contributed by atoms with Crippen LogP contribution in [0.25, 0.3) is 0 Å². The molecule has 1 heteroatoms. The summed E-state index contributed by atoms with van der Waals surface area (Å²) < 4.78 is 13.7. The Hall–Kier alpha value is -0.850. The van der Waals surface area contributed by atoms with Gasteiger partial charge in [-0.25, -0.2) is 4.39 Å². The van der Waals surface area contributed by atoms with E-state index < -0.39 is 0 Å². The number of hydrogen-bond donors (Lipinski definition) is 0. The molecule has 76 valence electrons. The molecule has 0 nitrogen and oxygen atoms in total. The van der Waals surface area contributed by atoms with Crippen LogP contribution in [0.15, 0.2) is 35.7 Å². The van der Waals surface area contributed by atoms with Crippen molar-refractivity contribution in [3.8, 4) is 0 Å². The summed E-state index contributed by atoms with van der Waals surface area (Å²) in [6, 6.07) is 0. The second kappa shape index (κ2) is 3.08. The fourth-order valence-corrected chi connectivity index (χ4v) is 2.34. The molecular formula is C13H17F. The molecule has 2 rings (SSSR count). The van der Waals surface area contributed by atoms with Crippen LogP contribution in [0.5, 0.6) is 0 Å². The molecule has 2 atom stereocenters. The number of fused-ring (bicyclic) bond motifs is 1. The van der Waals surface area contributed by atoms with Crippen molar-refractivity contribution in [3.63, 3.8) is 0 Å². The molecule has 2 aliphatic rings. The normalized spacial score (nSPS) is 34.6. The zero-order valence-electron chi connectivity index (χ0n) is 9.05. The van der Waals surface area contributed by atoms with Gasteiger partial charge in [-0.05, 0) is 25.3 Å². The molecule has 0 aromatic heterocycles. The van der Waals surface area contributed by atoms with Crippen molar-refractivity contribution >= 4 is 0 Å². The summed E-state index contributed by atoms with van der Waals surface area (Å²) in [5.41, 5.74) is 0.972. The lowest BCUT2D eigenvalue weighted by Gasteiger charge is -2.36. The molecule has 0 amide bonds. The van der Waals surface area contributed by atoms with E-state index in [-0.39, 0.29) is 17.2 Å². The highest BCUT2D eigenvalue weighted by molar-refractivity contribution is 5.30. The van der Waals surface area contributed by atoms with E-state index >= 15 is 0 Å². The van der Waals surface area contributed by atoms with Gasteiger partial charge >= 0.3 is 0 Å². The fraction of sp³-hybridized carbons (Fsp3) is 0.538. The average molecular weight is 192 g/mol. The van der Waals surface area contributed by atoms with Crippen molar-refractivity contribution in [2.24, 2.45) is 17.3 Å². The van der Waals surface area contributed by atoms with E-state index in [1.807, 2.05) is 13.8 Å². The smallest absolute Gasteiger partial charge is 0.102 e. The Morgan fingerprint density at radius 2 is 2.07 bits per heavy atom. The molecule has 0 radical (unpaired) electrons. The van der Waals surface area contributed by atoms with Gasteiger partial charge in [-0.3, -0.25) is 0 Å². The van der Waals surface area contributed by atoms with Crippen LogP contribution in [-0.4, -0.2) is 0 Å². The van der Waals surface area contributed by atoms with Gasteiger partial charge in [-0.1, -0.05) is 37.6 Å². The van der Waals surface area contributed by atoms with Gasteiger partial charge < -0.3 is 0 Å². The SMILES string of the molecule is CC1=CC2C=C(F)C(C)(C)CC2C=C1. The minimum Gasteiger partial charge on any atom is -0.212 e. The summed E-state index contributed by atoms with van der Waals surface area (Å²) in [6.07, 6.45) is 9.25. The van der Waals surface area contributed by atoms with Gasteiger partial charge in [0.15, 0.2) is 0 Å². The molecule has 0 aromatic rings. The Morgan fingerprint density at radius 3 is 2.79 bits per heavy atom. The summed E-state index contributed by atoms with van der Waals surface area (Å²) in [4.78, 5) is 0. The van der Waals surface area contributed by atoms with Crippen molar-refractivity contribution in [3.05, 3.63) is 35.7 Å². The van der Waals surface area contributed by atoms with Gasteiger partial charge in [0.1, 0.15) is 5.83 Å². The van der Waals surface area contributed by atoms with Crippen LogP contribution in [0.3, 0.4) is 0 Å². The Labute approximate surface area is 85.2 Å². The van der Waals surface area contributed by atoms with Gasteiger partial charge in [0.25, 0.3) is 0 Å². The fourth-order valence-electron chi connectivity index (χ4n) is 2.34. The summed E-state index contributed by atoms with van der Waals surface area (Å²) in [5, 5.41) is 0. The summed E-state index contributed by atoms with van der Waals surface area (Å²) in [6.45, 7) is 6.03. The molecule has 2 unspecified atom stereocenters. The molecule has 0 spiro atoms. The minimum absolute atomic E-state index is 0.0538. The van der Waals surface area contributed by atoms with E-state index in [0.29, 0.717) is 5.92 Å². The van der Waals surface area contributed by atoms with E-state index in [4.69, 9.17) is 0 Å². The quantitative estimate of drug-likeness (QED) is 0.544. The zero-order valence-corrected chi connectivity index (χ0v) is 9.05. The lowest BCUT2D eigenvalue weighted by molar-refractivity contribution is 0.244. The first-order chi connectivity index (χ1) is 6.49. The van der Waals surface area contributed by atoms with E-state index in [0.717, 1.165) is 6.42 Å². The largest absolute Gasteiger partial charge is 0.212 e. The van der Waals surface area contributed by atoms with E-state index in [1.165, 1.54) is 5.57 Å². The van der Waals surface area contributed by atoms with Gasteiger partial charge in [0, 0.05) is 11.3 Å². The highest BCUT2D eigenvalue weighted by Gasteiger charge is 2.35. The third-order valence-corrected chi connectivity index (χ3v) is 3.29. The third kappa shape index (κ3) is 1.56. The standard InChI is InChI=1S/C13H17F/c1-9-4-5-10-8-13(2,3)12(14)7-11(10)6-9/h4-7,10-11H,8H2,1-3H3. The monoisotopic (exact) mass is 192 g/mol. The van der Waals surface area contributed by atoms with Gasteiger partial charge in [-0.15, -0.1) is 0 Å². The van der Waals surface area contributed by atoms with Crippen molar-refractivity contribution in [2.45, 2.75) is 27.2 Å². The molecule has 0 heterocycles. The Kier molecular flexibility index (Phi) is 2.13. The van der Waals surface area contributed by atoms with Gasteiger partial charge in [-0.2, -0.15) is 0 Å². The van der Waals surface area contributed by atoms with Crippen LogP contribution in [-0.2, 0) is 0 Å². The van der Waals surface area contributed by atoms with Crippen LogP contribution in [0.2, 0.25) is 0 Å². The van der Waals surface area contributed by atoms with Gasteiger partial charge in [0.2, 0.25) is 0 Å². The third-order valence-electron chi connectivity index (χ3n) is 3.29. The van der Waals surface area contributed by atoms with E-state index in [9.17, 15) is 4.39 Å². The lowest BCUT2D eigenvalue weighted by atomic mass is 9.69. The van der Waals surface area contributed by atoms with Crippen LogP contribution in [0, 0.1) is 17.3 Å². The summed E-state index contributed by atoms with van der Waals surface area (Å²) in [7, 11) is 0. The van der Waals surface area contributed by atoms with Gasteiger partial charge in [0.05, 0.1) is 0 Å². The van der Waals surface area contributed by atoms with Crippen LogP contribution >= 0.6 is 0 Å². The Balaban J connectivity index is 2.33. The van der Waals surface area contributed by atoms with Crippen molar-refractivity contribution in [1.29, 1.82) is 0 Å².